The van der Waals surface area contributed by atoms with E-state index in [1.54, 1.807) is 0 Å². The first-order valence-corrected chi connectivity index (χ1v) is 5.55. The van der Waals surface area contributed by atoms with E-state index in [0.29, 0.717) is 5.92 Å². The number of ether oxygens (including phenoxy) is 1. The maximum atomic E-state index is 8.79. The summed E-state index contributed by atoms with van der Waals surface area (Å²) in [5.41, 5.74) is 1.07. The average molecular weight is 200 g/mol. The molecule has 0 aliphatic heterocycles. The second kappa shape index (κ2) is 9.22. The summed E-state index contributed by atoms with van der Waals surface area (Å²) in [6.45, 7) is 8.12. The van der Waals surface area contributed by atoms with Gasteiger partial charge in [0.15, 0.2) is 0 Å². The fraction of sp³-hybridized carbons (Fsp3) is 0.833. The van der Waals surface area contributed by atoms with Gasteiger partial charge in [-0.15, -0.1) is 0 Å². The van der Waals surface area contributed by atoms with Gasteiger partial charge in [-0.1, -0.05) is 18.6 Å². The Labute approximate surface area is 88.0 Å². The van der Waals surface area contributed by atoms with Crippen molar-refractivity contribution in [2.24, 2.45) is 5.92 Å². The van der Waals surface area contributed by atoms with Gasteiger partial charge in [-0.2, -0.15) is 0 Å². The van der Waals surface area contributed by atoms with Gasteiger partial charge in [0.05, 0.1) is 6.61 Å². The van der Waals surface area contributed by atoms with E-state index in [1.165, 1.54) is 6.42 Å². The van der Waals surface area contributed by atoms with Crippen molar-refractivity contribution in [3.05, 3.63) is 11.6 Å². The van der Waals surface area contributed by atoms with Crippen molar-refractivity contribution < 1.29 is 9.84 Å². The van der Waals surface area contributed by atoms with Crippen molar-refractivity contribution in [1.29, 1.82) is 0 Å². The van der Waals surface area contributed by atoms with Gasteiger partial charge in [0, 0.05) is 13.2 Å². The van der Waals surface area contributed by atoms with Gasteiger partial charge in [-0.3, -0.25) is 0 Å². The highest BCUT2D eigenvalue weighted by Gasteiger charge is 2.00. The van der Waals surface area contributed by atoms with Crippen LogP contribution in [0.3, 0.4) is 0 Å². The molecule has 0 bridgehead atoms. The highest BCUT2D eigenvalue weighted by Crippen LogP contribution is 2.11. The Bertz CT molecular complexity index is 152. The van der Waals surface area contributed by atoms with Gasteiger partial charge < -0.3 is 9.84 Å². The number of allylic oxidation sites excluding steroid dienone is 1. The molecule has 0 amide bonds. The van der Waals surface area contributed by atoms with Crippen LogP contribution in [0, 0.1) is 5.92 Å². The Morgan fingerprint density at radius 3 is 2.71 bits per heavy atom. The number of hydrogen-bond acceptors (Lipinski definition) is 2. The summed E-state index contributed by atoms with van der Waals surface area (Å²) >= 11 is 0. The summed E-state index contributed by atoms with van der Waals surface area (Å²) in [6, 6.07) is 0. The van der Waals surface area contributed by atoms with Crippen molar-refractivity contribution in [1.82, 2.24) is 0 Å². The SMILES string of the molecule is CCOCCC(C)CC/C=C(\C)CO. The smallest absolute Gasteiger partial charge is 0.0639 e. The van der Waals surface area contributed by atoms with E-state index in [0.717, 1.165) is 31.6 Å². The largest absolute Gasteiger partial charge is 0.392 e. The third-order valence-corrected chi connectivity index (χ3v) is 2.36. The standard InChI is InChI=1S/C12H24O2/c1-4-14-9-8-11(2)6-5-7-12(3)10-13/h7,11,13H,4-6,8-10H2,1-3H3/b12-7+. The predicted octanol–water partition coefficient (Wildman–Crippen LogP) is 2.77. The number of aliphatic hydroxyl groups excluding tert-OH is 1. The molecule has 1 unspecified atom stereocenters. The van der Waals surface area contributed by atoms with E-state index >= 15 is 0 Å². The van der Waals surface area contributed by atoms with Gasteiger partial charge in [0.1, 0.15) is 0 Å². The second-order valence-electron chi connectivity index (χ2n) is 3.88. The fourth-order valence-electron chi connectivity index (χ4n) is 1.25. The van der Waals surface area contributed by atoms with E-state index in [9.17, 15) is 0 Å². The van der Waals surface area contributed by atoms with Gasteiger partial charge >= 0.3 is 0 Å². The van der Waals surface area contributed by atoms with E-state index in [2.05, 4.69) is 13.0 Å². The first-order chi connectivity index (χ1) is 6.70. The Morgan fingerprint density at radius 2 is 2.14 bits per heavy atom. The van der Waals surface area contributed by atoms with Crippen molar-refractivity contribution in [2.45, 2.75) is 40.0 Å². The lowest BCUT2D eigenvalue weighted by molar-refractivity contribution is 0.133. The van der Waals surface area contributed by atoms with Crippen molar-refractivity contribution in [3.63, 3.8) is 0 Å². The quantitative estimate of drug-likeness (QED) is 0.482. The molecule has 0 aliphatic rings. The molecule has 0 aromatic rings. The van der Waals surface area contributed by atoms with Crippen LogP contribution in [0.25, 0.3) is 0 Å². The Balaban J connectivity index is 3.39. The molecule has 84 valence electrons. The monoisotopic (exact) mass is 200 g/mol. The molecule has 0 fully saturated rings. The van der Waals surface area contributed by atoms with Crippen molar-refractivity contribution >= 4 is 0 Å². The zero-order chi connectivity index (χ0) is 10.8. The lowest BCUT2D eigenvalue weighted by Gasteiger charge is -2.09. The first-order valence-electron chi connectivity index (χ1n) is 5.55. The van der Waals surface area contributed by atoms with Crippen LogP contribution in [0.4, 0.5) is 0 Å². The lowest BCUT2D eigenvalue weighted by atomic mass is 10.0. The molecule has 14 heavy (non-hydrogen) atoms. The van der Waals surface area contributed by atoms with Crippen LogP contribution in [0.5, 0.6) is 0 Å². The van der Waals surface area contributed by atoms with Crippen molar-refractivity contribution in [3.8, 4) is 0 Å². The van der Waals surface area contributed by atoms with Crippen LogP contribution in [0.15, 0.2) is 11.6 Å². The molecule has 1 N–H and O–H groups in total. The molecule has 0 saturated carbocycles. The van der Waals surface area contributed by atoms with Gasteiger partial charge in [-0.25, -0.2) is 0 Å². The normalized spacial score (nSPS) is 14.4. The van der Waals surface area contributed by atoms with Crippen LogP contribution >= 0.6 is 0 Å². The predicted molar refractivity (Wildman–Crippen MR) is 60.4 cm³/mol. The Hall–Kier alpha value is -0.340. The molecular formula is C12H24O2. The lowest BCUT2D eigenvalue weighted by Crippen LogP contribution is -2.01. The van der Waals surface area contributed by atoms with E-state index in [-0.39, 0.29) is 6.61 Å². The minimum atomic E-state index is 0.188. The average Bonchev–Trinajstić information content (AvgIpc) is 2.18. The molecule has 0 spiro atoms. The molecular weight excluding hydrogens is 176 g/mol. The summed E-state index contributed by atoms with van der Waals surface area (Å²) in [5.74, 6) is 0.712. The third-order valence-electron chi connectivity index (χ3n) is 2.36. The van der Waals surface area contributed by atoms with Crippen LogP contribution in [-0.4, -0.2) is 24.9 Å². The van der Waals surface area contributed by atoms with Gasteiger partial charge in [0.25, 0.3) is 0 Å². The zero-order valence-electron chi connectivity index (χ0n) is 9.75. The van der Waals surface area contributed by atoms with E-state index in [1.807, 2.05) is 13.8 Å². The third kappa shape index (κ3) is 8.27. The zero-order valence-corrected chi connectivity index (χ0v) is 9.75. The molecule has 2 nitrogen and oxygen atoms in total. The minimum Gasteiger partial charge on any atom is -0.392 e. The molecule has 1 atom stereocenters. The molecule has 0 heterocycles. The maximum Gasteiger partial charge on any atom is 0.0639 e. The molecule has 0 aliphatic carbocycles. The summed E-state index contributed by atoms with van der Waals surface area (Å²) in [7, 11) is 0. The van der Waals surface area contributed by atoms with Crippen LogP contribution in [0.2, 0.25) is 0 Å². The van der Waals surface area contributed by atoms with Crippen LogP contribution < -0.4 is 0 Å². The molecule has 0 rings (SSSR count). The summed E-state index contributed by atoms with van der Waals surface area (Å²) in [4.78, 5) is 0. The first kappa shape index (κ1) is 13.7. The topological polar surface area (TPSA) is 29.5 Å². The molecule has 0 saturated heterocycles. The van der Waals surface area contributed by atoms with Gasteiger partial charge in [-0.05, 0) is 39.0 Å². The summed E-state index contributed by atoms with van der Waals surface area (Å²) < 4.78 is 5.30. The highest BCUT2D eigenvalue weighted by molar-refractivity contribution is 4.97. The second-order valence-corrected chi connectivity index (χ2v) is 3.88. The maximum absolute atomic E-state index is 8.79. The van der Waals surface area contributed by atoms with Gasteiger partial charge in [0.2, 0.25) is 0 Å². The minimum absolute atomic E-state index is 0.188. The number of hydrogen-bond donors (Lipinski definition) is 1. The number of rotatable bonds is 8. The van der Waals surface area contributed by atoms with Crippen LogP contribution in [-0.2, 0) is 4.74 Å². The highest BCUT2D eigenvalue weighted by atomic mass is 16.5. The Kier molecular flexibility index (Phi) is 9.00. The molecule has 0 radical (unpaired) electrons. The number of aliphatic hydroxyl groups is 1. The molecule has 0 aromatic carbocycles. The van der Waals surface area contributed by atoms with Crippen molar-refractivity contribution in [2.75, 3.05) is 19.8 Å². The van der Waals surface area contributed by atoms with E-state index < -0.39 is 0 Å². The Morgan fingerprint density at radius 1 is 1.43 bits per heavy atom. The molecule has 0 aromatic heterocycles. The fourth-order valence-corrected chi connectivity index (χ4v) is 1.25. The molecule has 2 heteroatoms. The summed E-state index contributed by atoms with van der Waals surface area (Å²) in [6.07, 6.45) is 5.52. The summed E-state index contributed by atoms with van der Waals surface area (Å²) in [5, 5.41) is 8.79. The van der Waals surface area contributed by atoms with Crippen LogP contribution in [0.1, 0.15) is 40.0 Å². The van der Waals surface area contributed by atoms with E-state index in [4.69, 9.17) is 9.84 Å².